The highest BCUT2D eigenvalue weighted by Crippen LogP contribution is 2.22. The van der Waals surface area contributed by atoms with Crippen molar-refractivity contribution in [3.63, 3.8) is 0 Å². The number of hydrogen-bond donors (Lipinski definition) is 6. The van der Waals surface area contributed by atoms with Crippen LogP contribution in [0.1, 0.15) is 6.92 Å². The third kappa shape index (κ3) is 4.21. The predicted octanol–water partition coefficient (Wildman–Crippen LogP) is -2.93. The Morgan fingerprint density at radius 2 is 1.90 bits per heavy atom. The fraction of sp³-hybridized carbons (Fsp3) is 0.833. The molecule has 3 unspecified atom stereocenters. The molecule has 0 aliphatic carbocycles. The Morgan fingerprint density at radius 3 is 2.45 bits per heavy atom. The zero-order valence-electron chi connectivity index (χ0n) is 11.2. The average molecular weight is 293 g/mol. The molecule has 118 valence electrons. The van der Waals surface area contributed by atoms with E-state index in [4.69, 9.17) is 20.3 Å². The van der Waals surface area contributed by atoms with Crippen molar-refractivity contribution in [3.05, 3.63) is 12.2 Å². The molecule has 8 nitrogen and oxygen atoms in total. The van der Waals surface area contributed by atoms with Gasteiger partial charge in [-0.25, -0.2) is 0 Å². The minimum atomic E-state index is -1.50. The van der Waals surface area contributed by atoms with Crippen LogP contribution in [0.15, 0.2) is 12.2 Å². The van der Waals surface area contributed by atoms with Gasteiger partial charge in [-0.3, -0.25) is 0 Å². The van der Waals surface area contributed by atoms with E-state index in [2.05, 4.69) is 0 Å². The molecule has 0 spiro atoms. The van der Waals surface area contributed by atoms with Gasteiger partial charge in [-0.2, -0.15) is 0 Å². The van der Waals surface area contributed by atoms with Gasteiger partial charge >= 0.3 is 0 Å². The second-order valence-corrected chi connectivity index (χ2v) is 4.71. The summed E-state index contributed by atoms with van der Waals surface area (Å²) in [5, 5.41) is 47.5. The van der Waals surface area contributed by atoms with E-state index in [1.807, 2.05) is 0 Å². The van der Waals surface area contributed by atoms with E-state index in [0.717, 1.165) is 0 Å². The molecule has 1 rings (SSSR count). The van der Waals surface area contributed by atoms with E-state index in [0.29, 0.717) is 0 Å². The highest BCUT2D eigenvalue weighted by molar-refractivity contribution is 4.92. The van der Waals surface area contributed by atoms with Crippen LogP contribution in [0.25, 0.3) is 0 Å². The summed E-state index contributed by atoms with van der Waals surface area (Å²) in [6.45, 7) is 1.07. The molecule has 20 heavy (non-hydrogen) atoms. The number of aliphatic hydroxyl groups excluding tert-OH is 5. The van der Waals surface area contributed by atoms with E-state index in [9.17, 15) is 20.4 Å². The Hall–Kier alpha value is -0.580. The second-order valence-electron chi connectivity index (χ2n) is 4.71. The molecular formula is C12H23NO7. The van der Waals surface area contributed by atoms with Gasteiger partial charge in [0.25, 0.3) is 0 Å². The van der Waals surface area contributed by atoms with Crippen molar-refractivity contribution < 1.29 is 35.0 Å². The summed E-state index contributed by atoms with van der Waals surface area (Å²) < 4.78 is 10.3. The predicted molar refractivity (Wildman–Crippen MR) is 68.5 cm³/mol. The van der Waals surface area contributed by atoms with Crippen molar-refractivity contribution in [2.75, 3.05) is 13.2 Å². The van der Waals surface area contributed by atoms with Crippen molar-refractivity contribution in [3.8, 4) is 0 Å². The standard InChI is InChI=1S/C12H23NO7/c1-2-3-7(15)6(13)5-19-12-11(18)10(17)9(16)8(4-14)20-12/h2-3,6-12,14-18H,4-5,13H2,1H3/b3-2+/t6-,7+,8?,9+,10?,11?,12+/m0/s1. The second kappa shape index (κ2) is 8.01. The minimum absolute atomic E-state index is 0.131. The summed E-state index contributed by atoms with van der Waals surface area (Å²) in [4.78, 5) is 0. The first-order valence-electron chi connectivity index (χ1n) is 6.41. The number of hydrogen-bond acceptors (Lipinski definition) is 8. The van der Waals surface area contributed by atoms with Crippen LogP contribution < -0.4 is 5.73 Å². The molecule has 7 atom stereocenters. The molecule has 7 N–H and O–H groups in total. The van der Waals surface area contributed by atoms with Gasteiger partial charge in [-0.05, 0) is 6.92 Å². The minimum Gasteiger partial charge on any atom is -0.394 e. The van der Waals surface area contributed by atoms with Gasteiger partial charge in [0.2, 0.25) is 0 Å². The molecular weight excluding hydrogens is 270 g/mol. The molecule has 0 amide bonds. The van der Waals surface area contributed by atoms with Crippen LogP contribution in [0.5, 0.6) is 0 Å². The first kappa shape index (κ1) is 17.5. The van der Waals surface area contributed by atoms with E-state index < -0.39 is 49.5 Å². The van der Waals surface area contributed by atoms with Crippen LogP contribution in [-0.4, -0.2) is 81.6 Å². The maximum atomic E-state index is 9.72. The Morgan fingerprint density at radius 1 is 1.25 bits per heavy atom. The fourth-order valence-corrected chi connectivity index (χ4v) is 1.85. The largest absolute Gasteiger partial charge is 0.394 e. The highest BCUT2D eigenvalue weighted by Gasteiger charge is 2.44. The summed E-state index contributed by atoms with van der Waals surface area (Å²) in [6, 6.07) is -0.737. The number of nitrogens with two attached hydrogens (primary N) is 1. The van der Waals surface area contributed by atoms with Crippen molar-refractivity contribution >= 4 is 0 Å². The lowest BCUT2D eigenvalue weighted by Crippen LogP contribution is -2.59. The van der Waals surface area contributed by atoms with Gasteiger partial charge in [0.1, 0.15) is 24.4 Å². The highest BCUT2D eigenvalue weighted by atomic mass is 16.7. The lowest BCUT2D eigenvalue weighted by Gasteiger charge is -2.39. The van der Waals surface area contributed by atoms with E-state index in [-0.39, 0.29) is 6.61 Å². The van der Waals surface area contributed by atoms with Gasteiger partial charge in [0.05, 0.1) is 25.4 Å². The third-order valence-electron chi connectivity index (χ3n) is 3.13. The van der Waals surface area contributed by atoms with Crippen LogP contribution >= 0.6 is 0 Å². The van der Waals surface area contributed by atoms with Gasteiger partial charge in [0, 0.05) is 0 Å². The molecule has 1 heterocycles. The summed E-state index contributed by atoms with van der Waals surface area (Å²) in [7, 11) is 0. The molecule has 0 aromatic heterocycles. The topological polar surface area (TPSA) is 146 Å². The summed E-state index contributed by atoms with van der Waals surface area (Å²) in [6.07, 6.45) is -4.47. The van der Waals surface area contributed by atoms with E-state index >= 15 is 0 Å². The van der Waals surface area contributed by atoms with Gasteiger partial charge in [0.15, 0.2) is 6.29 Å². The van der Waals surface area contributed by atoms with Crippen LogP contribution in [0.4, 0.5) is 0 Å². The number of allylic oxidation sites excluding steroid dienone is 1. The zero-order valence-corrected chi connectivity index (χ0v) is 11.2. The Labute approximate surface area is 117 Å². The van der Waals surface area contributed by atoms with Gasteiger partial charge < -0.3 is 40.7 Å². The van der Waals surface area contributed by atoms with Gasteiger partial charge in [-0.1, -0.05) is 12.2 Å². The average Bonchev–Trinajstić information content (AvgIpc) is 2.44. The summed E-state index contributed by atoms with van der Waals surface area (Å²) in [5.41, 5.74) is 5.67. The number of aliphatic hydroxyl groups is 5. The summed E-state index contributed by atoms with van der Waals surface area (Å²) >= 11 is 0. The van der Waals surface area contributed by atoms with Crippen molar-refractivity contribution in [1.82, 2.24) is 0 Å². The maximum absolute atomic E-state index is 9.72. The normalized spacial score (nSPS) is 38.0. The number of rotatable bonds is 6. The Kier molecular flexibility index (Phi) is 7.00. The lowest BCUT2D eigenvalue weighted by molar-refractivity contribution is -0.302. The molecule has 1 fully saturated rings. The van der Waals surface area contributed by atoms with Crippen molar-refractivity contribution in [2.45, 2.75) is 49.8 Å². The quantitative estimate of drug-likeness (QED) is 0.285. The fourth-order valence-electron chi connectivity index (χ4n) is 1.85. The molecule has 8 heteroatoms. The molecule has 0 aromatic carbocycles. The number of ether oxygens (including phenoxy) is 2. The Bertz CT molecular complexity index is 312. The zero-order chi connectivity index (χ0) is 15.3. The van der Waals surface area contributed by atoms with Crippen LogP contribution in [-0.2, 0) is 9.47 Å². The first-order chi connectivity index (χ1) is 9.42. The summed E-state index contributed by atoms with van der Waals surface area (Å²) in [5.74, 6) is 0. The van der Waals surface area contributed by atoms with E-state index in [1.54, 1.807) is 13.0 Å². The van der Waals surface area contributed by atoms with Crippen LogP contribution in [0.3, 0.4) is 0 Å². The van der Waals surface area contributed by atoms with E-state index in [1.165, 1.54) is 6.08 Å². The third-order valence-corrected chi connectivity index (χ3v) is 3.13. The smallest absolute Gasteiger partial charge is 0.186 e. The molecule has 1 saturated heterocycles. The van der Waals surface area contributed by atoms with Crippen molar-refractivity contribution in [1.29, 1.82) is 0 Å². The molecule has 1 aliphatic rings. The monoisotopic (exact) mass is 293 g/mol. The molecule has 0 radical (unpaired) electrons. The Balaban J connectivity index is 2.54. The van der Waals surface area contributed by atoms with Crippen LogP contribution in [0, 0.1) is 0 Å². The first-order valence-corrected chi connectivity index (χ1v) is 6.41. The molecule has 1 aliphatic heterocycles. The SMILES string of the molecule is C/C=C/[C@@H](O)[C@@H](N)CO[C@@H]1OC(CO)[C@@H](O)C(O)C1O. The molecule has 0 aromatic rings. The lowest BCUT2D eigenvalue weighted by atomic mass is 9.99. The maximum Gasteiger partial charge on any atom is 0.186 e. The van der Waals surface area contributed by atoms with Crippen molar-refractivity contribution in [2.24, 2.45) is 5.73 Å². The van der Waals surface area contributed by atoms with Crippen LogP contribution in [0.2, 0.25) is 0 Å². The van der Waals surface area contributed by atoms with Gasteiger partial charge in [-0.15, -0.1) is 0 Å². The molecule has 0 bridgehead atoms. The molecule has 0 saturated carbocycles.